The Kier molecular flexibility index (Phi) is 4.10. The average Bonchev–Trinajstić information content (AvgIpc) is 2.85. The molecular weight excluding hydrogens is 340 g/mol. The second kappa shape index (κ2) is 5.95. The topological polar surface area (TPSA) is 102 Å². The van der Waals surface area contributed by atoms with Crippen LogP contribution in [0, 0.1) is 0 Å². The molecule has 3 rings (SSSR count). The number of benzene rings is 1. The van der Waals surface area contributed by atoms with E-state index in [0.717, 1.165) is 4.90 Å². The highest BCUT2D eigenvalue weighted by molar-refractivity contribution is 7.89. The molecule has 0 aromatic heterocycles. The van der Waals surface area contributed by atoms with Gasteiger partial charge in [-0.1, -0.05) is 0 Å². The predicted octanol–water partition coefficient (Wildman–Crippen LogP) is 0.0555. The predicted molar refractivity (Wildman–Crippen MR) is 80.3 cm³/mol. The van der Waals surface area contributed by atoms with Gasteiger partial charge in [0.05, 0.1) is 25.2 Å². The molecule has 1 aromatic rings. The van der Waals surface area contributed by atoms with Crippen molar-refractivity contribution in [1.82, 2.24) is 9.21 Å². The first-order valence-corrected chi connectivity index (χ1v) is 8.53. The Morgan fingerprint density at radius 1 is 1.12 bits per heavy atom. The van der Waals surface area contributed by atoms with E-state index in [4.69, 9.17) is 9.47 Å². The molecule has 2 aliphatic heterocycles. The Morgan fingerprint density at radius 3 is 2.33 bits per heavy atom. The van der Waals surface area contributed by atoms with Gasteiger partial charge in [-0.05, 0) is 12.1 Å². The maximum Gasteiger partial charge on any atom is 0.417 e. The molecule has 0 spiro atoms. The van der Waals surface area contributed by atoms with E-state index in [9.17, 15) is 18.0 Å². The Bertz CT molecular complexity index is 770. The summed E-state index contributed by atoms with van der Waals surface area (Å²) in [4.78, 5) is 24.1. The van der Waals surface area contributed by atoms with Gasteiger partial charge in [-0.25, -0.2) is 18.1 Å². The van der Waals surface area contributed by atoms with Crippen LogP contribution in [0.4, 0.5) is 4.79 Å². The Hall–Kier alpha value is -2.33. The molecule has 2 aliphatic rings. The van der Waals surface area contributed by atoms with Gasteiger partial charge in [0.1, 0.15) is 0 Å². The van der Waals surface area contributed by atoms with Crippen molar-refractivity contribution in [3.8, 4) is 11.5 Å². The zero-order valence-electron chi connectivity index (χ0n) is 13.1. The fraction of sp³-hybridized carbons (Fsp3) is 0.429. The van der Waals surface area contributed by atoms with E-state index in [1.165, 1.54) is 36.7 Å². The lowest BCUT2D eigenvalue weighted by Crippen LogP contribution is -2.62. The maximum absolute atomic E-state index is 12.6. The van der Waals surface area contributed by atoms with Crippen molar-refractivity contribution in [2.75, 3.05) is 33.9 Å². The standard InChI is InChI=1S/C14H16N2O7S/c1-21-11-4-3-10(5-12(11)22-2)24(19,20)15-6-9(7-15)16-13(17)8-23-14(16)18/h3-5,9H,6-8H2,1-2H3. The van der Waals surface area contributed by atoms with Gasteiger partial charge in [0.15, 0.2) is 18.1 Å². The van der Waals surface area contributed by atoms with Crippen molar-refractivity contribution in [2.45, 2.75) is 10.9 Å². The number of nitrogens with zero attached hydrogens (tertiary/aromatic N) is 2. The average molecular weight is 356 g/mol. The molecule has 9 nitrogen and oxygen atoms in total. The van der Waals surface area contributed by atoms with Crippen LogP contribution in [-0.4, -0.2) is 69.6 Å². The Morgan fingerprint density at radius 2 is 1.79 bits per heavy atom. The quantitative estimate of drug-likeness (QED) is 0.735. The van der Waals surface area contributed by atoms with Gasteiger partial charge < -0.3 is 14.2 Å². The number of imide groups is 1. The molecule has 2 saturated heterocycles. The highest BCUT2D eigenvalue weighted by Crippen LogP contribution is 2.32. The summed E-state index contributed by atoms with van der Waals surface area (Å²) < 4.78 is 41.3. The molecule has 130 valence electrons. The first kappa shape index (κ1) is 16.5. The zero-order valence-corrected chi connectivity index (χ0v) is 13.9. The van der Waals surface area contributed by atoms with Crippen molar-refractivity contribution < 1.29 is 32.2 Å². The Labute approximate surface area is 138 Å². The molecule has 0 bridgehead atoms. The second-order valence-electron chi connectivity index (χ2n) is 5.31. The molecule has 10 heteroatoms. The molecule has 24 heavy (non-hydrogen) atoms. The van der Waals surface area contributed by atoms with E-state index in [1.807, 2.05) is 0 Å². The summed E-state index contributed by atoms with van der Waals surface area (Å²) in [5.41, 5.74) is 0. The molecule has 0 atom stereocenters. The van der Waals surface area contributed by atoms with E-state index in [0.29, 0.717) is 11.5 Å². The van der Waals surface area contributed by atoms with Gasteiger partial charge in [-0.2, -0.15) is 4.31 Å². The van der Waals surface area contributed by atoms with Crippen molar-refractivity contribution in [3.05, 3.63) is 18.2 Å². The van der Waals surface area contributed by atoms with E-state index in [2.05, 4.69) is 4.74 Å². The van der Waals surface area contributed by atoms with E-state index >= 15 is 0 Å². The fourth-order valence-electron chi connectivity index (χ4n) is 2.62. The number of sulfonamides is 1. The van der Waals surface area contributed by atoms with Crippen LogP contribution in [0.25, 0.3) is 0 Å². The minimum atomic E-state index is -3.75. The highest BCUT2D eigenvalue weighted by Gasteiger charge is 2.46. The fourth-order valence-corrected chi connectivity index (χ4v) is 4.15. The smallest absolute Gasteiger partial charge is 0.417 e. The summed E-state index contributed by atoms with van der Waals surface area (Å²) in [5.74, 6) is 0.269. The van der Waals surface area contributed by atoms with Gasteiger partial charge in [-0.15, -0.1) is 0 Å². The number of amides is 2. The highest BCUT2D eigenvalue weighted by atomic mass is 32.2. The van der Waals surface area contributed by atoms with Crippen molar-refractivity contribution in [1.29, 1.82) is 0 Å². The number of carbonyl (C=O) groups is 2. The Balaban J connectivity index is 1.76. The van der Waals surface area contributed by atoms with Gasteiger partial charge in [0.2, 0.25) is 10.0 Å². The number of hydrogen-bond acceptors (Lipinski definition) is 7. The minimum Gasteiger partial charge on any atom is -0.493 e. The zero-order chi connectivity index (χ0) is 17.5. The van der Waals surface area contributed by atoms with Crippen LogP contribution >= 0.6 is 0 Å². The van der Waals surface area contributed by atoms with Crippen molar-refractivity contribution in [2.24, 2.45) is 0 Å². The lowest BCUT2D eigenvalue weighted by atomic mass is 10.1. The van der Waals surface area contributed by atoms with Crippen LogP contribution in [0.2, 0.25) is 0 Å². The largest absolute Gasteiger partial charge is 0.493 e. The van der Waals surface area contributed by atoms with E-state index in [-0.39, 0.29) is 24.6 Å². The molecule has 1 aromatic carbocycles. The van der Waals surface area contributed by atoms with Gasteiger partial charge in [0.25, 0.3) is 5.91 Å². The van der Waals surface area contributed by atoms with Crippen LogP contribution in [0.3, 0.4) is 0 Å². The first-order valence-electron chi connectivity index (χ1n) is 7.09. The summed E-state index contributed by atoms with van der Waals surface area (Å²) in [6, 6.07) is 3.79. The summed E-state index contributed by atoms with van der Waals surface area (Å²) in [6.45, 7) is -0.215. The lowest BCUT2D eigenvalue weighted by molar-refractivity contribution is -0.128. The lowest BCUT2D eigenvalue weighted by Gasteiger charge is -2.40. The third-order valence-corrected chi connectivity index (χ3v) is 5.80. The van der Waals surface area contributed by atoms with Gasteiger partial charge >= 0.3 is 6.09 Å². The normalized spacial score (nSPS) is 19.2. The molecule has 0 radical (unpaired) electrons. The summed E-state index contributed by atoms with van der Waals surface area (Å²) >= 11 is 0. The number of carbonyl (C=O) groups excluding carboxylic acids is 2. The third kappa shape index (κ3) is 2.57. The molecule has 2 heterocycles. The molecular formula is C14H16N2O7S. The number of hydrogen-bond donors (Lipinski definition) is 0. The molecule has 0 unspecified atom stereocenters. The van der Waals surface area contributed by atoms with E-state index in [1.54, 1.807) is 0 Å². The second-order valence-corrected chi connectivity index (χ2v) is 7.25. The molecule has 0 aliphatic carbocycles. The minimum absolute atomic E-state index is 0.0392. The monoisotopic (exact) mass is 356 g/mol. The van der Waals surface area contributed by atoms with Crippen LogP contribution in [-0.2, 0) is 19.6 Å². The summed E-state index contributed by atoms with van der Waals surface area (Å²) in [6.07, 6.45) is -0.729. The maximum atomic E-state index is 12.6. The summed E-state index contributed by atoms with van der Waals surface area (Å²) in [7, 11) is -0.878. The van der Waals surface area contributed by atoms with Crippen LogP contribution < -0.4 is 9.47 Å². The number of methoxy groups -OCH3 is 2. The number of cyclic esters (lactones) is 1. The van der Waals surface area contributed by atoms with Gasteiger partial charge in [0, 0.05) is 19.2 Å². The third-order valence-electron chi connectivity index (χ3n) is 3.97. The van der Waals surface area contributed by atoms with Crippen LogP contribution in [0.1, 0.15) is 0 Å². The van der Waals surface area contributed by atoms with Crippen LogP contribution in [0.15, 0.2) is 23.1 Å². The molecule has 2 amide bonds. The summed E-state index contributed by atoms with van der Waals surface area (Å²) in [5, 5.41) is 0. The van der Waals surface area contributed by atoms with Gasteiger partial charge in [-0.3, -0.25) is 4.79 Å². The van der Waals surface area contributed by atoms with Crippen molar-refractivity contribution in [3.63, 3.8) is 0 Å². The molecule has 0 N–H and O–H groups in total. The number of ether oxygens (including phenoxy) is 3. The first-order chi connectivity index (χ1) is 11.4. The molecule has 0 saturated carbocycles. The van der Waals surface area contributed by atoms with Crippen LogP contribution in [0.5, 0.6) is 11.5 Å². The number of rotatable bonds is 5. The van der Waals surface area contributed by atoms with E-state index < -0.39 is 28.1 Å². The van der Waals surface area contributed by atoms with Crippen molar-refractivity contribution >= 4 is 22.0 Å². The SMILES string of the molecule is COc1ccc(S(=O)(=O)N2CC(N3C(=O)COC3=O)C2)cc1OC. The molecule has 2 fully saturated rings.